The fourth-order valence-electron chi connectivity index (χ4n) is 1.68. The van der Waals surface area contributed by atoms with Crippen LogP contribution in [0.4, 0.5) is 0 Å². The highest BCUT2D eigenvalue weighted by Gasteiger charge is 2.27. The lowest BCUT2D eigenvalue weighted by atomic mass is 10.1. The lowest BCUT2D eigenvalue weighted by molar-refractivity contribution is 0.0708. The second-order valence-electron chi connectivity index (χ2n) is 3.48. The molecule has 0 spiro atoms. The first-order chi connectivity index (χ1) is 7.84. The Morgan fingerprint density at radius 2 is 2.00 bits per heavy atom. The number of rotatable bonds is 1. The Bertz CT molecular complexity index is 519. The minimum atomic E-state index is -0.544. The topological polar surface area (TPSA) is 51.5 Å². The van der Waals surface area contributed by atoms with Crippen LogP contribution in [-0.2, 0) is 0 Å². The van der Waals surface area contributed by atoms with Crippen LogP contribution in [0.3, 0.4) is 0 Å². The molecule has 0 aliphatic carbocycles. The number of hydrogen-bond donors (Lipinski definition) is 1. The molecule has 80 valence electrons. The van der Waals surface area contributed by atoms with Gasteiger partial charge in [-0.25, -0.2) is 0 Å². The van der Waals surface area contributed by atoms with Crippen molar-refractivity contribution in [1.82, 2.24) is 5.32 Å². The molecule has 1 aliphatic rings. The molecule has 1 amide bonds. The third kappa shape index (κ3) is 1.35. The van der Waals surface area contributed by atoms with Crippen LogP contribution in [0.5, 0.6) is 5.75 Å². The average molecular weight is 215 g/mol. The summed E-state index contributed by atoms with van der Waals surface area (Å²) in [6, 6.07) is 10.6. The van der Waals surface area contributed by atoms with Crippen molar-refractivity contribution < 1.29 is 13.9 Å². The predicted octanol–water partition coefficient (Wildman–Crippen LogP) is 2.10. The zero-order valence-corrected chi connectivity index (χ0v) is 8.34. The maximum absolute atomic E-state index is 11.8. The summed E-state index contributed by atoms with van der Waals surface area (Å²) in [5.41, 5.74) is 0.547. The fourth-order valence-corrected chi connectivity index (χ4v) is 1.68. The van der Waals surface area contributed by atoms with E-state index in [0.29, 0.717) is 17.1 Å². The van der Waals surface area contributed by atoms with Gasteiger partial charge < -0.3 is 14.5 Å². The van der Waals surface area contributed by atoms with Crippen LogP contribution < -0.4 is 10.1 Å². The normalized spacial score (nSPS) is 18.5. The number of benzene rings is 1. The molecule has 0 radical (unpaired) electrons. The van der Waals surface area contributed by atoms with Gasteiger partial charge in [-0.05, 0) is 24.3 Å². The van der Waals surface area contributed by atoms with Crippen molar-refractivity contribution in [3.8, 4) is 5.75 Å². The van der Waals surface area contributed by atoms with Gasteiger partial charge in [0.1, 0.15) is 5.75 Å². The Balaban J connectivity index is 1.98. The van der Waals surface area contributed by atoms with Crippen molar-refractivity contribution in [2.24, 2.45) is 0 Å². The SMILES string of the molecule is O=C1N[C@H](c2ccco2)Oc2ccccc21. The van der Waals surface area contributed by atoms with Gasteiger partial charge in [0.2, 0.25) is 6.23 Å². The summed E-state index contributed by atoms with van der Waals surface area (Å²) in [5, 5.41) is 2.72. The van der Waals surface area contributed by atoms with E-state index >= 15 is 0 Å². The second kappa shape index (κ2) is 3.41. The zero-order valence-electron chi connectivity index (χ0n) is 8.34. The van der Waals surface area contributed by atoms with E-state index in [9.17, 15) is 4.79 Å². The van der Waals surface area contributed by atoms with E-state index in [2.05, 4.69) is 5.32 Å². The number of ether oxygens (including phenoxy) is 1. The van der Waals surface area contributed by atoms with Crippen molar-refractivity contribution in [2.45, 2.75) is 6.23 Å². The van der Waals surface area contributed by atoms with E-state index < -0.39 is 6.23 Å². The largest absolute Gasteiger partial charge is 0.463 e. The van der Waals surface area contributed by atoms with Crippen LogP contribution in [0.15, 0.2) is 47.1 Å². The van der Waals surface area contributed by atoms with Crippen LogP contribution in [-0.4, -0.2) is 5.91 Å². The van der Waals surface area contributed by atoms with E-state index in [0.717, 1.165) is 0 Å². The monoisotopic (exact) mass is 215 g/mol. The van der Waals surface area contributed by atoms with Gasteiger partial charge in [-0.1, -0.05) is 12.1 Å². The van der Waals surface area contributed by atoms with Crippen LogP contribution in [0.25, 0.3) is 0 Å². The van der Waals surface area contributed by atoms with Crippen LogP contribution in [0.2, 0.25) is 0 Å². The Labute approximate surface area is 91.8 Å². The molecule has 4 heteroatoms. The van der Waals surface area contributed by atoms with Gasteiger partial charge in [0.15, 0.2) is 5.76 Å². The van der Waals surface area contributed by atoms with Crippen molar-refractivity contribution in [3.63, 3.8) is 0 Å². The van der Waals surface area contributed by atoms with Crippen molar-refractivity contribution in [2.75, 3.05) is 0 Å². The van der Waals surface area contributed by atoms with Crippen LogP contribution in [0.1, 0.15) is 22.3 Å². The number of hydrogen-bond acceptors (Lipinski definition) is 3. The summed E-state index contributed by atoms with van der Waals surface area (Å²) >= 11 is 0. The van der Waals surface area contributed by atoms with Crippen molar-refractivity contribution >= 4 is 5.91 Å². The summed E-state index contributed by atoms with van der Waals surface area (Å²) in [7, 11) is 0. The third-order valence-corrected chi connectivity index (χ3v) is 2.44. The quantitative estimate of drug-likeness (QED) is 0.792. The first-order valence-electron chi connectivity index (χ1n) is 4.94. The average Bonchev–Trinajstić information content (AvgIpc) is 2.82. The highest BCUT2D eigenvalue weighted by atomic mass is 16.5. The second-order valence-corrected chi connectivity index (χ2v) is 3.48. The fraction of sp³-hybridized carbons (Fsp3) is 0.0833. The summed E-state index contributed by atoms with van der Waals surface area (Å²) in [4.78, 5) is 11.8. The molecular formula is C12H9NO3. The van der Waals surface area contributed by atoms with E-state index in [1.165, 1.54) is 0 Å². The van der Waals surface area contributed by atoms with Gasteiger partial charge in [0.05, 0.1) is 11.8 Å². The van der Waals surface area contributed by atoms with E-state index in [1.807, 2.05) is 6.07 Å². The molecule has 0 unspecified atom stereocenters. The van der Waals surface area contributed by atoms with Gasteiger partial charge in [-0.3, -0.25) is 4.79 Å². The van der Waals surface area contributed by atoms with Crippen LogP contribution in [0, 0.1) is 0 Å². The molecule has 1 aromatic carbocycles. The Morgan fingerprint density at radius 1 is 1.12 bits per heavy atom. The summed E-state index contributed by atoms with van der Waals surface area (Å²) in [6.45, 7) is 0. The van der Waals surface area contributed by atoms with E-state index in [4.69, 9.17) is 9.15 Å². The Kier molecular flexibility index (Phi) is 1.93. The van der Waals surface area contributed by atoms with Gasteiger partial charge in [-0.2, -0.15) is 0 Å². The number of furan rings is 1. The van der Waals surface area contributed by atoms with Crippen LogP contribution >= 0.6 is 0 Å². The molecular weight excluding hydrogens is 206 g/mol. The molecule has 1 aromatic heterocycles. The predicted molar refractivity (Wildman–Crippen MR) is 56.0 cm³/mol. The molecule has 2 heterocycles. The molecule has 1 aliphatic heterocycles. The first-order valence-corrected chi connectivity index (χ1v) is 4.94. The maximum Gasteiger partial charge on any atom is 0.258 e. The standard InChI is InChI=1S/C12H9NO3/c14-11-8-4-1-2-5-9(8)16-12(13-11)10-6-3-7-15-10/h1-7,12H,(H,13,14)/t12-/m0/s1. The smallest absolute Gasteiger partial charge is 0.258 e. The molecule has 0 saturated heterocycles. The molecule has 3 rings (SSSR count). The lowest BCUT2D eigenvalue weighted by Crippen LogP contribution is -2.36. The van der Waals surface area contributed by atoms with E-state index in [-0.39, 0.29) is 5.91 Å². The molecule has 1 N–H and O–H groups in total. The van der Waals surface area contributed by atoms with Crippen molar-refractivity contribution in [1.29, 1.82) is 0 Å². The lowest BCUT2D eigenvalue weighted by Gasteiger charge is -2.24. The number of para-hydroxylation sites is 1. The highest BCUT2D eigenvalue weighted by Crippen LogP contribution is 2.28. The van der Waals surface area contributed by atoms with Crippen molar-refractivity contribution in [3.05, 3.63) is 54.0 Å². The molecule has 2 aromatic rings. The molecule has 1 atom stereocenters. The molecule has 4 nitrogen and oxygen atoms in total. The molecule has 0 bridgehead atoms. The summed E-state index contributed by atoms with van der Waals surface area (Å²) < 4.78 is 10.8. The zero-order chi connectivity index (χ0) is 11.0. The number of nitrogens with one attached hydrogen (secondary N) is 1. The van der Waals surface area contributed by atoms with Gasteiger partial charge in [0.25, 0.3) is 5.91 Å². The molecule has 0 fully saturated rings. The number of fused-ring (bicyclic) bond motifs is 1. The Morgan fingerprint density at radius 3 is 2.81 bits per heavy atom. The molecule has 16 heavy (non-hydrogen) atoms. The van der Waals surface area contributed by atoms with Gasteiger partial charge in [-0.15, -0.1) is 0 Å². The molecule has 0 saturated carbocycles. The summed E-state index contributed by atoms with van der Waals surface area (Å²) in [6.07, 6.45) is 1.00. The number of amides is 1. The van der Waals surface area contributed by atoms with E-state index in [1.54, 1.807) is 36.6 Å². The number of carbonyl (C=O) groups is 1. The summed E-state index contributed by atoms with van der Waals surface area (Å²) in [5.74, 6) is 1.01. The maximum atomic E-state index is 11.8. The Hall–Kier alpha value is -2.23. The van der Waals surface area contributed by atoms with Gasteiger partial charge >= 0.3 is 0 Å². The van der Waals surface area contributed by atoms with Gasteiger partial charge in [0, 0.05) is 0 Å². The first kappa shape index (κ1) is 9.03. The number of carbonyl (C=O) groups excluding carboxylic acids is 1. The third-order valence-electron chi connectivity index (χ3n) is 2.44. The highest BCUT2D eigenvalue weighted by molar-refractivity contribution is 5.97. The minimum absolute atomic E-state index is 0.150. The minimum Gasteiger partial charge on any atom is -0.463 e.